The third-order valence-electron chi connectivity index (χ3n) is 2.65. The number of ether oxygens (including phenoxy) is 2. The van der Waals surface area contributed by atoms with Gasteiger partial charge in [0.1, 0.15) is 11.5 Å². The van der Waals surface area contributed by atoms with E-state index >= 15 is 0 Å². The largest absolute Gasteiger partial charge is 0.496 e. The van der Waals surface area contributed by atoms with Crippen LogP contribution in [0.2, 0.25) is 0 Å². The number of carbonyl (C=O) groups is 1. The number of halogens is 2. The predicted octanol–water partition coefficient (Wildman–Crippen LogP) is 2.83. The monoisotopic (exact) mass is 260 g/mol. The molecule has 0 saturated carbocycles. The minimum Gasteiger partial charge on any atom is -0.496 e. The van der Waals surface area contributed by atoms with Crippen molar-refractivity contribution in [3.63, 3.8) is 0 Å². The van der Waals surface area contributed by atoms with Crippen LogP contribution in [0.4, 0.5) is 8.78 Å². The summed E-state index contributed by atoms with van der Waals surface area (Å²) in [5.74, 6) is -1.86. The van der Waals surface area contributed by atoms with E-state index < -0.39 is 18.3 Å². The van der Waals surface area contributed by atoms with E-state index in [-0.39, 0.29) is 22.6 Å². The van der Waals surface area contributed by atoms with Crippen LogP contribution >= 0.6 is 0 Å². The molecule has 6 heteroatoms. The SMILES string of the molecule is COc1cc(OC)c(C(C)C(=O)O)cc1C(F)F. The van der Waals surface area contributed by atoms with Gasteiger partial charge in [-0.1, -0.05) is 0 Å². The zero-order valence-electron chi connectivity index (χ0n) is 10.2. The Morgan fingerprint density at radius 1 is 1.17 bits per heavy atom. The van der Waals surface area contributed by atoms with Crippen LogP contribution in [0.3, 0.4) is 0 Å². The summed E-state index contributed by atoms with van der Waals surface area (Å²) >= 11 is 0. The number of rotatable bonds is 5. The van der Waals surface area contributed by atoms with Gasteiger partial charge in [-0.25, -0.2) is 8.78 Å². The van der Waals surface area contributed by atoms with E-state index in [0.29, 0.717) is 0 Å². The van der Waals surface area contributed by atoms with Crippen molar-refractivity contribution in [1.82, 2.24) is 0 Å². The molecule has 100 valence electrons. The van der Waals surface area contributed by atoms with Gasteiger partial charge in [-0.05, 0) is 13.0 Å². The molecule has 0 spiro atoms. The van der Waals surface area contributed by atoms with Crippen molar-refractivity contribution in [2.45, 2.75) is 19.3 Å². The first kappa shape index (κ1) is 14.2. The number of aliphatic carboxylic acids is 1. The summed E-state index contributed by atoms with van der Waals surface area (Å²) < 4.78 is 35.5. The van der Waals surface area contributed by atoms with Crippen LogP contribution in [0.5, 0.6) is 11.5 Å². The highest BCUT2D eigenvalue weighted by molar-refractivity contribution is 5.77. The lowest BCUT2D eigenvalue weighted by Crippen LogP contribution is -2.10. The van der Waals surface area contributed by atoms with Crippen LogP contribution in [0, 0.1) is 0 Å². The topological polar surface area (TPSA) is 55.8 Å². The van der Waals surface area contributed by atoms with Crippen LogP contribution in [-0.2, 0) is 4.79 Å². The first-order chi connectivity index (χ1) is 8.42. The molecule has 0 fully saturated rings. The number of alkyl halides is 2. The van der Waals surface area contributed by atoms with Gasteiger partial charge in [0.25, 0.3) is 6.43 Å². The van der Waals surface area contributed by atoms with E-state index in [9.17, 15) is 13.6 Å². The maximum Gasteiger partial charge on any atom is 0.310 e. The summed E-state index contributed by atoms with van der Waals surface area (Å²) in [6.45, 7) is 1.40. The molecule has 0 amide bonds. The Morgan fingerprint density at radius 3 is 2.06 bits per heavy atom. The van der Waals surface area contributed by atoms with Gasteiger partial charge in [-0.2, -0.15) is 0 Å². The lowest BCUT2D eigenvalue weighted by molar-refractivity contribution is -0.138. The number of hydrogen-bond acceptors (Lipinski definition) is 3. The van der Waals surface area contributed by atoms with Crippen LogP contribution in [0.25, 0.3) is 0 Å². The average Bonchev–Trinajstić information content (AvgIpc) is 2.35. The fourth-order valence-corrected chi connectivity index (χ4v) is 1.59. The maximum absolute atomic E-state index is 12.8. The highest BCUT2D eigenvalue weighted by Gasteiger charge is 2.24. The summed E-state index contributed by atoms with van der Waals surface area (Å²) in [6, 6.07) is 2.39. The van der Waals surface area contributed by atoms with Crippen molar-refractivity contribution in [2.24, 2.45) is 0 Å². The summed E-state index contributed by atoms with van der Waals surface area (Å²) in [5.41, 5.74) is -0.150. The second kappa shape index (κ2) is 5.66. The van der Waals surface area contributed by atoms with Gasteiger partial charge < -0.3 is 14.6 Å². The van der Waals surface area contributed by atoms with Gasteiger partial charge in [0.05, 0.1) is 25.7 Å². The molecular weight excluding hydrogens is 246 g/mol. The normalized spacial score (nSPS) is 12.3. The summed E-state index contributed by atoms with van der Waals surface area (Å²) in [4.78, 5) is 10.9. The quantitative estimate of drug-likeness (QED) is 0.884. The smallest absolute Gasteiger partial charge is 0.310 e. The lowest BCUT2D eigenvalue weighted by atomic mass is 9.97. The predicted molar refractivity (Wildman–Crippen MR) is 60.6 cm³/mol. The molecular formula is C12H14F2O4. The van der Waals surface area contributed by atoms with Crippen molar-refractivity contribution in [3.05, 3.63) is 23.3 Å². The van der Waals surface area contributed by atoms with Crippen molar-refractivity contribution in [1.29, 1.82) is 0 Å². The zero-order chi connectivity index (χ0) is 13.9. The molecule has 0 bridgehead atoms. The molecule has 0 aliphatic rings. The van der Waals surface area contributed by atoms with E-state index in [1.165, 1.54) is 27.2 Å². The number of benzene rings is 1. The van der Waals surface area contributed by atoms with Crippen LogP contribution in [0.15, 0.2) is 12.1 Å². The van der Waals surface area contributed by atoms with Gasteiger partial charge in [0, 0.05) is 11.6 Å². The Morgan fingerprint density at radius 2 is 1.67 bits per heavy atom. The number of hydrogen-bond donors (Lipinski definition) is 1. The Bertz CT molecular complexity index is 446. The summed E-state index contributed by atoms with van der Waals surface area (Å²) in [5, 5.41) is 8.94. The van der Waals surface area contributed by atoms with Crippen molar-refractivity contribution < 1.29 is 28.2 Å². The van der Waals surface area contributed by atoms with Crippen LogP contribution < -0.4 is 9.47 Å². The summed E-state index contributed by atoms with van der Waals surface area (Å²) in [6.07, 6.45) is -2.74. The average molecular weight is 260 g/mol. The zero-order valence-corrected chi connectivity index (χ0v) is 10.2. The molecule has 0 saturated heterocycles. The fraction of sp³-hybridized carbons (Fsp3) is 0.417. The molecule has 1 aromatic carbocycles. The van der Waals surface area contributed by atoms with E-state index in [4.69, 9.17) is 14.6 Å². The fourth-order valence-electron chi connectivity index (χ4n) is 1.59. The van der Waals surface area contributed by atoms with Gasteiger partial charge in [-0.3, -0.25) is 4.79 Å². The van der Waals surface area contributed by atoms with Crippen LogP contribution in [0.1, 0.15) is 30.4 Å². The van der Waals surface area contributed by atoms with Crippen molar-refractivity contribution in [3.8, 4) is 11.5 Å². The molecule has 0 aromatic heterocycles. The molecule has 18 heavy (non-hydrogen) atoms. The van der Waals surface area contributed by atoms with E-state index in [1.54, 1.807) is 0 Å². The highest BCUT2D eigenvalue weighted by atomic mass is 19.3. The molecule has 0 aliphatic heterocycles. The van der Waals surface area contributed by atoms with E-state index in [1.807, 2.05) is 0 Å². The first-order valence-corrected chi connectivity index (χ1v) is 5.19. The Hall–Kier alpha value is -1.85. The molecule has 1 N–H and O–H groups in total. The first-order valence-electron chi connectivity index (χ1n) is 5.19. The molecule has 1 atom stereocenters. The van der Waals surface area contributed by atoms with Crippen molar-refractivity contribution in [2.75, 3.05) is 14.2 Å². The molecule has 0 heterocycles. The van der Waals surface area contributed by atoms with Gasteiger partial charge in [-0.15, -0.1) is 0 Å². The third-order valence-corrected chi connectivity index (χ3v) is 2.65. The van der Waals surface area contributed by atoms with Crippen LogP contribution in [-0.4, -0.2) is 25.3 Å². The van der Waals surface area contributed by atoms with Gasteiger partial charge in [0.2, 0.25) is 0 Å². The van der Waals surface area contributed by atoms with Gasteiger partial charge >= 0.3 is 5.97 Å². The minimum atomic E-state index is -2.74. The van der Waals surface area contributed by atoms with Crippen molar-refractivity contribution >= 4 is 5.97 Å². The lowest BCUT2D eigenvalue weighted by Gasteiger charge is -2.16. The Labute approximate surface area is 103 Å². The highest BCUT2D eigenvalue weighted by Crippen LogP contribution is 2.38. The second-order valence-corrected chi connectivity index (χ2v) is 3.70. The molecule has 0 aliphatic carbocycles. The standard InChI is InChI=1S/C12H14F2O4/c1-6(12(15)16)7-4-8(11(13)14)10(18-3)5-9(7)17-2/h4-6,11H,1-3H3,(H,15,16). The molecule has 4 nitrogen and oxygen atoms in total. The molecule has 0 radical (unpaired) electrons. The minimum absolute atomic E-state index is 0.0248. The van der Waals surface area contributed by atoms with E-state index in [0.717, 1.165) is 6.07 Å². The molecule has 1 unspecified atom stereocenters. The van der Waals surface area contributed by atoms with E-state index in [2.05, 4.69) is 0 Å². The Balaban J connectivity index is 3.40. The maximum atomic E-state index is 12.8. The number of carboxylic acids is 1. The summed E-state index contributed by atoms with van der Waals surface area (Å²) in [7, 11) is 2.61. The van der Waals surface area contributed by atoms with Gasteiger partial charge in [0.15, 0.2) is 0 Å². The number of methoxy groups -OCH3 is 2. The second-order valence-electron chi connectivity index (χ2n) is 3.70. The number of carboxylic acid groups (broad SMARTS) is 1. The third kappa shape index (κ3) is 2.69. The Kier molecular flexibility index (Phi) is 4.47. The molecule has 1 rings (SSSR count). The molecule has 1 aromatic rings.